The molecule has 1 aromatic carbocycles. The van der Waals surface area contributed by atoms with E-state index in [1.165, 1.54) is 6.07 Å². The molecule has 0 saturated heterocycles. The van der Waals surface area contributed by atoms with E-state index >= 15 is 0 Å². The molecule has 0 radical (unpaired) electrons. The van der Waals surface area contributed by atoms with Gasteiger partial charge in [-0.1, -0.05) is 0 Å². The summed E-state index contributed by atoms with van der Waals surface area (Å²) in [6, 6.07) is 4.56. The first-order valence-corrected chi connectivity index (χ1v) is 6.03. The minimum absolute atomic E-state index is 0.117. The van der Waals surface area contributed by atoms with Crippen molar-refractivity contribution in [3.63, 3.8) is 0 Å². The molecule has 92 valence electrons. The number of nitro groups is 1. The number of methoxy groups -OCH3 is 1. The fraction of sp³-hybridized carbons (Fsp3) is 0.364. The zero-order chi connectivity index (χ0) is 12.7. The van der Waals surface area contributed by atoms with Crippen LogP contribution in [0.2, 0.25) is 0 Å². The van der Waals surface area contributed by atoms with Crippen LogP contribution in [0.1, 0.15) is 16.8 Å². The second-order valence-electron chi connectivity index (χ2n) is 3.29. The molecule has 0 amide bonds. The number of nitro benzene ring substituents is 1. The van der Waals surface area contributed by atoms with E-state index < -0.39 is 4.92 Å². The van der Waals surface area contributed by atoms with Crippen LogP contribution >= 0.6 is 11.8 Å². The van der Waals surface area contributed by atoms with Gasteiger partial charge in [-0.2, -0.15) is 0 Å². The van der Waals surface area contributed by atoms with Crippen molar-refractivity contribution in [1.29, 1.82) is 0 Å². The van der Waals surface area contributed by atoms with Crippen LogP contribution in [0.15, 0.2) is 23.1 Å². The zero-order valence-corrected chi connectivity index (χ0v) is 10.2. The Labute approximate surface area is 103 Å². The predicted molar refractivity (Wildman–Crippen MR) is 65.7 cm³/mol. The first-order valence-electron chi connectivity index (χ1n) is 5.04. The first-order chi connectivity index (χ1) is 8.19. The van der Waals surface area contributed by atoms with Gasteiger partial charge < -0.3 is 4.74 Å². The lowest BCUT2D eigenvalue weighted by molar-refractivity contribution is -0.385. The van der Waals surface area contributed by atoms with E-state index in [-0.39, 0.29) is 11.3 Å². The fourth-order valence-electron chi connectivity index (χ4n) is 1.28. The summed E-state index contributed by atoms with van der Waals surface area (Å²) in [5.74, 6) is 0.851. The quantitative estimate of drug-likeness (QED) is 0.246. The SMILES string of the molecule is COCCCSc1ccc([N+](=O)[O-])c(C=O)c1. The summed E-state index contributed by atoms with van der Waals surface area (Å²) in [5, 5.41) is 10.6. The van der Waals surface area contributed by atoms with E-state index in [9.17, 15) is 14.9 Å². The number of thioether (sulfide) groups is 1. The molecule has 5 nitrogen and oxygen atoms in total. The maximum Gasteiger partial charge on any atom is 0.279 e. The summed E-state index contributed by atoms with van der Waals surface area (Å²) in [7, 11) is 1.64. The van der Waals surface area contributed by atoms with Crippen LogP contribution in [0.3, 0.4) is 0 Å². The Kier molecular flexibility index (Phi) is 5.65. The molecule has 1 rings (SSSR count). The van der Waals surface area contributed by atoms with E-state index in [2.05, 4.69) is 0 Å². The van der Waals surface area contributed by atoms with Crippen LogP contribution in [-0.2, 0) is 4.74 Å². The van der Waals surface area contributed by atoms with Gasteiger partial charge >= 0.3 is 0 Å². The summed E-state index contributed by atoms with van der Waals surface area (Å²) in [5.41, 5.74) is -0.0343. The standard InChI is InChI=1S/C11H13NO4S/c1-16-5-2-6-17-10-3-4-11(12(14)15)9(7-10)8-13/h3-4,7-8H,2,5-6H2,1H3. The number of benzene rings is 1. The normalized spacial score (nSPS) is 10.2. The lowest BCUT2D eigenvalue weighted by Gasteiger charge is -2.02. The molecule has 0 atom stereocenters. The smallest absolute Gasteiger partial charge is 0.279 e. The minimum Gasteiger partial charge on any atom is -0.385 e. The van der Waals surface area contributed by atoms with E-state index in [1.807, 2.05) is 0 Å². The van der Waals surface area contributed by atoms with Crippen molar-refractivity contribution in [1.82, 2.24) is 0 Å². The number of ether oxygens (including phenoxy) is 1. The van der Waals surface area contributed by atoms with Crippen molar-refractivity contribution in [2.24, 2.45) is 0 Å². The van der Waals surface area contributed by atoms with Crippen molar-refractivity contribution >= 4 is 23.7 Å². The van der Waals surface area contributed by atoms with Crippen LogP contribution in [0.5, 0.6) is 0 Å². The van der Waals surface area contributed by atoms with Gasteiger partial charge in [0.1, 0.15) is 0 Å². The molecular formula is C11H13NO4S. The number of hydrogen-bond donors (Lipinski definition) is 0. The highest BCUT2D eigenvalue weighted by Gasteiger charge is 2.13. The molecule has 0 unspecified atom stereocenters. The summed E-state index contributed by atoms with van der Waals surface area (Å²) >= 11 is 1.55. The molecule has 0 fully saturated rings. The molecule has 17 heavy (non-hydrogen) atoms. The van der Waals surface area contributed by atoms with E-state index in [1.54, 1.807) is 31.0 Å². The molecule has 1 aromatic rings. The van der Waals surface area contributed by atoms with Gasteiger partial charge in [-0.3, -0.25) is 14.9 Å². The molecule has 6 heteroatoms. The largest absolute Gasteiger partial charge is 0.385 e. The molecular weight excluding hydrogens is 242 g/mol. The van der Waals surface area contributed by atoms with Gasteiger partial charge in [0.05, 0.1) is 10.5 Å². The average Bonchev–Trinajstić information content (AvgIpc) is 2.34. The Morgan fingerprint density at radius 1 is 1.53 bits per heavy atom. The second-order valence-corrected chi connectivity index (χ2v) is 4.46. The molecule has 0 bridgehead atoms. The molecule has 0 aliphatic heterocycles. The number of rotatable bonds is 7. The molecule has 0 aliphatic carbocycles. The number of nitrogens with zero attached hydrogens (tertiary/aromatic N) is 1. The van der Waals surface area contributed by atoms with Crippen LogP contribution in [0, 0.1) is 10.1 Å². The molecule has 0 heterocycles. The molecule has 0 N–H and O–H groups in total. The third-order valence-electron chi connectivity index (χ3n) is 2.08. The van der Waals surface area contributed by atoms with Crippen molar-refractivity contribution in [2.75, 3.05) is 19.5 Å². The van der Waals surface area contributed by atoms with Gasteiger partial charge in [-0.25, -0.2) is 0 Å². The van der Waals surface area contributed by atoms with Gasteiger partial charge in [0.25, 0.3) is 5.69 Å². The van der Waals surface area contributed by atoms with Crippen LogP contribution in [-0.4, -0.2) is 30.7 Å². The number of carbonyl (C=O) groups excluding carboxylic acids is 1. The number of hydrogen-bond acceptors (Lipinski definition) is 5. The number of aldehydes is 1. The lowest BCUT2D eigenvalue weighted by Crippen LogP contribution is -1.95. The highest BCUT2D eigenvalue weighted by atomic mass is 32.2. The van der Waals surface area contributed by atoms with Crippen molar-refractivity contribution in [2.45, 2.75) is 11.3 Å². The van der Waals surface area contributed by atoms with Crippen LogP contribution in [0.25, 0.3) is 0 Å². The van der Waals surface area contributed by atoms with E-state index in [0.717, 1.165) is 17.1 Å². The highest BCUT2D eigenvalue weighted by Crippen LogP contribution is 2.25. The third kappa shape index (κ3) is 4.16. The van der Waals surface area contributed by atoms with Crippen LogP contribution in [0.4, 0.5) is 5.69 Å². The van der Waals surface area contributed by atoms with Gasteiger partial charge in [0.2, 0.25) is 0 Å². The van der Waals surface area contributed by atoms with Crippen molar-refractivity contribution in [3.05, 3.63) is 33.9 Å². The van der Waals surface area contributed by atoms with Crippen molar-refractivity contribution < 1.29 is 14.5 Å². The van der Waals surface area contributed by atoms with E-state index in [0.29, 0.717) is 12.9 Å². The summed E-state index contributed by atoms with van der Waals surface area (Å²) < 4.78 is 4.92. The Morgan fingerprint density at radius 3 is 2.88 bits per heavy atom. The minimum atomic E-state index is -0.552. The number of carbonyl (C=O) groups is 1. The molecule has 0 aromatic heterocycles. The molecule has 0 spiro atoms. The third-order valence-corrected chi connectivity index (χ3v) is 3.16. The lowest BCUT2D eigenvalue weighted by atomic mass is 10.2. The Bertz CT molecular complexity index is 408. The zero-order valence-electron chi connectivity index (χ0n) is 9.42. The van der Waals surface area contributed by atoms with Crippen LogP contribution < -0.4 is 0 Å². The van der Waals surface area contributed by atoms with E-state index in [4.69, 9.17) is 4.74 Å². The average molecular weight is 255 g/mol. The summed E-state index contributed by atoms with van der Waals surface area (Å²) in [6.45, 7) is 0.681. The second kappa shape index (κ2) is 7.03. The van der Waals surface area contributed by atoms with Gasteiger partial charge in [-0.15, -0.1) is 11.8 Å². The maximum absolute atomic E-state index is 10.7. The monoisotopic (exact) mass is 255 g/mol. The predicted octanol–water partition coefficient (Wildman–Crippen LogP) is 2.54. The summed E-state index contributed by atoms with van der Waals surface area (Å²) in [6.07, 6.45) is 1.41. The van der Waals surface area contributed by atoms with Crippen molar-refractivity contribution in [3.8, 4) is 0 Å². The van der Waals surface area contributed by atoms with Gasteiger partial charge in [-0.05, 0) is 18.6 Å². The fourth-order valence-corrected chi connectivity index (χ4v) is 2.15. The topological polar surface area (TPSA) is 69.4 Å². The Morgan fingerprint density at radius 2 is 2.29 bits per heavy atom. The van der Waals surface area contributed by atoms with Gasteiger partial charge in [0.15, 0.2) is 6.29 Å². The Hall–Kier alpha value is -1.40. The summed E-state index contributed by atoms with van der Waals surface area (Å²) in [4.78, 5) is 21.6. The first kappa shape index (κ1) is 13.7. The Balaban J connectivity index is 2.69. The molecule has 0 saturated carbocycles. The molecule has 0 aliphatic rings. The van der Waals surface area contributed by atoms with Gasteiger partial charge in [0, 0.05) is 30.4 Å². The maximum atomic E-state index is 10.7. The highest BCUT2D eigenvalue weighted by molar-refractivity contribution is 7.99.